The summed E-state index contributed by atoms with van der Waals surface area (Å²) in [4.78, 5) is 14.9. The van der Waals surface area contributed by atoms with E-state index in [4.69, 9.17) is 0 Å². The van der Waals surface area contributed by atoms with E-state index in [9.17, 15) is 17.6 Å². The summed E-state index contributed by atoms with van der Waals surface area (Å²) in [7, 11) is -3.69. The zero-order chi connectivity index (χ0) is 19.2. The van der Waals surface area contributed by atoms with Gasteiger partial charge in [0, 0.05) is 13.1 Å². The Balaban J connectivity index is 2.06. The lowest BCUT2D eigenvalue weighted by Gasteiger charge is -2.31. The maximum atomic E-state index is 13.2. The molecule has 1 amide bonds. The monoisotopic (exact) mass is 385 g/mol. The van der Waals surface area contributed by atoms with Crippen LogP contribution in [0.5, 0.6) is 0 Å². The molecule has 1 N–H and O–H groups in total. The quantitative estimate of drug-likeness (QED) is 0.743. The highest BCUT2D eigenvalue weighted by atomic mass is 32.2. The molecule has 1 saturated heterocycles. The third kappa shape index (κ3) is 5.67. The molecule has 0 radical (unpaired) electrons. The second-order valence-electron chi connectivity index (χ2n) is 6.65. The number of anilines is 1. The first-order valence-electron chi connectivity index (χ1n) is 9.08. The fourth-order valence-corrected chi connectivity index (χ4v) is 4.50. The van der Waals surface area contributed by atoms with Crippen LogP contribution in [-0.4, -0.2) is 57.7 Å². The van der Waals surface area contributed by atoms with Crippen LogP contribution in [0.1, 0.15) is 32.6 Å². The number of amides is 1. The van der Waals surface area contributed by atoms with Gasteiger partial charge in [-0.05, 0) is 56.6 Å². The van der Waals surface area contributed by atoms with Crippen molar-refractivity contribution in [2.45, 2.75) is 38.6 Å². The third-order valence-electron chi connectivity index (χ3n) is 4.59. The summed E-state index contributed by atoms with van der Waals surface area (Å²) < 4.78 is 38.8. The van der Waals surface area contributed by atoms with E-state index in [0.29, 0.717) is 13.0 Å². The van der Waals surface area contributed by atoms with Crippen LogP contribution >= 0.6 is 0 Å². The van der Waals surface area contributed by atoms with Crippen LogP contribution in [0.4, 0.5) is 10.1 Å². The summed E-state index contributed by atoms with van der Waals surface area (Å²) in [6, 6.07) is 4.26. The molecule has 1 aromatic rings. The van der Waals surface area contributed by atoms with Crippen LogP contribution in [0.25, 0.3) is 0 Å². The summed E-state index contributed by atoms with van der Waals surface area (Å²) in [6.07, 6.45) is 4.98. The molecule has 1 fully saturated rings. The van der Waals surface area contributed by atoms with Crippen LogP contribution in [0.2, 0.25) is 0 Å². The van der Waals surface area contributed by atoms with Crippen molar-refractivity contribution in [3.8, 4) is 0 Å². The molecule has 8 heteroatoms. The van der Waals surface area contributed by atoms with Gasteiger partial charge in [0.2, 0.25) is 15.9 Å². The van der Waals surface area contributed by atoms with Gasteiger partial charge in [-0.3, -0.25) is 9.10 Å². The lowest BCUT2D eigenvalue weighted by Crippen LogP contribution is -2.50. The van der Waals surface area contributed by atoms with Gasteiger partial charge in [0.05, 0.1) is 11.9 Å². The highest BCUT2D eigenvalue weighted by Crippen LogP contribution is 2.22. The highest BCUT2D eigenvalue weighted by molar-refractivity contribution is 7.92. The number of rotatable bonds is 8. The molecule has 1 aliphatic heterocycles. The number of carbonyl (C=O) groups excluding carboxylic acids is 1. The van der Waals surface area contributed by atoms with Gasteiger partial charge >= 0.3 is 0 Å². The van der Waals surface area contributed by atoms with E-state index in [1.54, 1.807) is 6.92 Å². The minimum atomic E-state index is -3.69. The standard InChI is InChI=1S/C18H28FN3O3S/c1-3-17(18(23)20-11-14-21-12-5-4-6-13-21)22(26(2,24)25)16-9-7-15(19)8-10-16/h7-10,17H,3-6,11-14H2,1-2H3,(H,20,23)/t17-/m1/s1. The molecule has 0 aliphatic carbocycles. The predicted octanol–water partition coefficient (Wildman–Crippen LogP) is 1.97. The van der Waals surface area contributed by atoms with Crippen molar-refractivity contribution in [1.29, 1.82) is 0 Å². The molecule has 0 saturated carbocycles. The normalized spacial score (nSPS) is 16.9. The van der Waals surface area contributed by atoms with E-state index in [2.05, 4.69) is 10.2 Å². The molecular formula is C18H28FN3O3S. The Morgan fingerprint density at radius 3 is 2.38 bits per heavy atom. The molecule has 1 atom stereocenters. The maximum Gasteiger partial charge on any atom is 0.243 e. The van der Waals surface area contributed by atoms with E-state index < -0.39 is 21.9 Å². The van der Waals surface area contributed by atoms with Crippen molar-refractivity contribution < 1.29 is 17.6 Å². The number of carbonyl (C=O) groups is 1. The molecule has 26 heavy (non-hydrogen) atoms. The van der Waals surface area contributed by atoms with Gasteiger partial charge in [0.15, 0.2) is 0 Å². The third-order valence-corrected chi connectivity index (χ3v) is 5.77. The molecular weight excluding hydrogens is 357 g/mol. The lowest BCUT2D eigenvalue weighted by atomic mass is 10.1. The smallest absolute Gasteiger partial charge is 0.243 e. The summed E-state index contributed by atoms with van der Waals surface area (Å²) >= 11 is 0. The van der Waals surface area contributed by atoms with Gasteiger partial charge in [-0.25, -0.2) is 12.8 Å². The van der Waals surface area contributed by atoms with Crippen LogP contribution in [0.3, 0.4) is 0 Å². The average Bonchev–Trinajstić information content (AvgIpc) is 2.60. The Morgan fingerprint density at radius 1 is 1.23 bits per heavy atom. The Kier molecular flexibility index (Phi) is 7.40. The molecule has 6 nitrogen and oxygen atoms in total. The Labute approximate surface area is 155 Å². The van der Waals surface area contributed by atoms with Crippen LogP contribution in [0.15, 0.2) is 24.3 Å². The van der Waals surface area contributed by atoms with E-state index in [1.165, 1.54) is 43.5 Å². The summed E-state index contributed by atoms with van der Waals surface area (Å²) in [5, 5.41) is 2.85. The summed E-state index contributed by atoms with van der Waals surface area (Å²) in [6.45, 7) is 5.08. The van der Waals surface area contributed by atoms with E-state index in [1.807, 2.05) is 0 Å². The average molecular weight is 386 g/mol. The summed E-state index contributed by atoms with van der Waals surface area (Å²) in [5.74, 6) is -0.791. The fourth-order valence-electron chi connectivity index (χ4n) is 3.29. The van der Waals surface area contributed by atoms with E-state index >= 15 is 0 Å². The Hall–Kier alpha value is -1.67. The van der Waals surface area contributed by atoms with Gasteiger partial charge in [-0.1, -0.05) is 13.3 Å². The number of nitrogens with zero attached hydrogens (tertiary/aromatic N) is 2. The van der Waals surface area contributed by atoms with E-state index in [0.717, 1.165) is 30.2 Å². The largest absolute Gasteiger partial charge is 0.353 e. The van der Waals surface area contributed by atoms with Gasteiger partial charge in [-0.15, -0.1) is 0 Å². The lowest BCUT2D eigenvalue weighted by molar-refractivity contribution is -0.122. The number of benzene rings is 1. The minimum Gasteiger partial charge on any atom is -0.353 e. The summed E-state index contributed by atoms with van der Waals surface area (Å²) in [5.41, 5.74) is 0.284. The fraction of sp³-hybridized carbons (Fsp3) is 0.611. The van der Waals surface area contributed by atoms with Crippen molar-refractivity contribution >= 4 is 21.6 Å². The van der Waals surface area contributed by atoms with Crippen molar-refractivity contribution in [2.24, 2.45) is 0 Å². The van der Waals surface area contributed by atoms with Gasteiger partial charge in [-0.2, -0.15) is 0 Å². The second kappa shape index (κ2) is 9.32. The number of sulfonamides is 1. The molecule has 0 unspecified atom stereocenters. The number of hydrogen-bond acceptors (Lipinski definition) is 4. The zero-order valence-electron chi connectivity index (χ0n) is 15.4. The van der Waals surface area contributed by atoms with Gasteiger partial charge in [0.1, 0.15) is 11.9 Å². The van der Waals surface area contributed by atoms with Crippen LogP contribution in [-0.2, 0) is 14.8 Å². The second-order valence-corrected chi connectivity index (χ2v) is 8.51. The van der Waals surface area contributed by atoms with Crippen molar-refractivity contribution in [3.05, 3.63) is 30.1 Å². The highest BCUT2D eigenvalue weighted by Gasteiger charge is 2.31. The molecule has 2 rings (SSSR count). The predicted molar refractivity (Wildman–Crippen MR) is 101 cm³/mol. The molecule has 146 valence electrons. The SMILES string of the molecule is CC[C@H](C(=O)NCCN1CCCCC1)N(c1ccc(F)cc1)S(C)(=O)=O. The van der Waals surface area contributed by atoms with Crippen molar-refractivity contribution in [2.75, 3.05) is 36.7 Å². The Morgan fingerprint density at radius 2 is 1.85 bits per heavy atom. The number of piperidine rings is 1. The van der Waals surface area contributed by atoms with Crippen LogP contribution < -0.4 is 9.62 Å². The molecule has 1 heterocycles. The number of hydrogen-bond donors (Lipinski definition) is 1. The topological polar surface area (TPSA) is 69.7 Å². The Bertz CT molecular complexity index is 688. The number of nitrogens with one attached hydrogen (secondary N) is 1. The first kappa shape index (κ1) is 20.6. The minimum absolute atomic E-state index is 0.284. The molecule has 0 spiro atoms. The van der Waals surface area contributed by atoms with Crippen molar-refractivity contribution in [1.82, 2.24) is 10.2 Å². The molecule has 1 aliphatic rings. The molecule has 0 aromatic heterocycles. The maximum absolute atomic E-state index is 13.2. The first-order valence-corrected chi connectivity index (χ1v) is 10.9. The van der Waals surface area contributed by atoms with Gasteiger partial charge in [0.25, 0.3) is 0 Å². The molecule has 1 aromatic carbocycles. The number of halogens is 1. The van der Waals surface area contributed by atoms with Gasteiger partial charge < -0.3 is 10.2 Å². The zero-order valence-corrected chi connectivity index (χ0v) is 16.3. The van der Waals surface area contributed by atoms with Crippen molar-refractivity contribution in [3.63, 3.8) is 0 Å². The molecule has 0 bridgehead atoms. The van der Waals surface area contributed by atoms with Crippen LogP contribution in [0, 0.1) is 5.82 Å². The number of likely N-dealkylation sites (tertiary alicyclic amines) is 1. The first-order chi connectivity index (χ1) is 12.3. The van der Waals surface area contributed by atoms with E-state index in [-0.39, 0.29) is 11.6 Å².